The molecule has 0 bridgehead atoms. The summed E-state index contributed by atoms with van der Waals surface area (Å²) in [6.45, 7) is 2.77. The van der Waals surface area contributed by atoms with Gasteiger partial charge in [-0.3, -0.25) is 4.79 Å². The number of amides is 1. The van der Waals surface area contributed by atoms with E-state index in [-0.39, 0.29) is 21.8 Å². The number of carbonyl (C=O) groups is 1. The molecule has 0 spiro atoms. The van der Waals surface area contributed by atoms with Gasteiger partial charge in [0.1, 0.15) is 23.2 Å². The quantitative estimate of drug-likeness (QED) is 0.777. The molecule has 1 aromatic heterocycles. The monoisotopic (exact) mass is 338 g/mol. The maximum atomic E-state index is 12.3. The highest BCUT2D eigenvalue weighted by Crippen LogP contribution is 2.19. The average molecular weight is 339 g/mol. The molecule has 2 aromatic rings. The molecule has 1 aromatic carbocycles. The zero-order valence-corrected chi connectivity index (χ0v) is 13.9. The number of aryl methyl sites for hydroxylation is 1. The minimum absolute atomic E-state index is 0.146. The lowest BCUT2D eigenvalue weighted by Crippen LogP contribution is -2.31. The number of nitrogens with zero attached hydrogens (tertiary/aromatic N) is 2. The standard InChI is InChI=1S/C16H16Cl2N2O2/c1-11-5-3-4-6-13(11)22-10-9-20(2)16(21)15-12(17)7-8-14(18)19-15/h3-8H,9-10H2,1-2H3. The predicted molar refractivity (Wildman–Crippen MR) is 87.9 cm³/mol. The molecule has 1 amide bonds. The Kier molecular flexibility index (Phi) is 5.63. The molecular formula is C16H16Cl2N2O2. The van der Waals surface area contributed by atoms with Gasteiger partial charge in [-0.2, -0.15) is 0 Å². The first-order valence-corrected chi connectivity index (χ1v) is 7.50. The smallest absolute Gasteiger partial charge is 0.273 e. The number of ether oxygens (including phenoxy) is 1. The topological polar surface area (TPSA) is 42.4 Å². The second-order valence-electron chi connectivity index (χ2n) is 4.81. The molecule has 0 aliphatic carbocycles. The Balaban J connectivity index is 1.94. The average Bonchev–Trinajstić information content (AvgIpc) is 2.50. The van der Waals surface area contributed by atoms with Gasteiger partial charge < -0.3 is 9.64 Å². The van der Waals surface area contributed by atoms with Crippen LogP contribution in [0.5, 0.6) is 5.75 Å². The van der Waals surface area contributed by atoms with Gasteiger partial charge in [0.05, 0.1) is 11.6 Å². The molecule has 1 heterocycles. The number of hydrogen-bond acceptors (Lipinski definition) is 3. The van der Waals surface area contributed by atoms with Crippen molar-refractivity contribution in [2.45, 2.75) is 6.92 Å². The molecule has 0 unspecified atom stereocenters. The lowest BCUT2D eigenvalue weighted by Gasteiger charge is -2.18. The minimum atomic E-state index is -0.291. The number of para-hydroxylation sites is 1. The van der Waals surface area contributed by atoms with Crippen molar-refractivity contribution in [2.75, 3.05) is 20.2 Å². The normalized spacial score (nSPS) is 10.4. The van der Waals surface area contributed by atoms with E-state index in [4.69, 9.17) is 27.9 Å². The fraction of sp³-hybridized carbons (Fsp3) is 0.250. The van der Waals surface area contributed by atoms with Crippen molar-refractivity contribution in [2.24, 2.45) is 0 Å². The van der Waals surface area contributed by atoms with E-state index in [2.05, 4.69) is 4.98 Å². The van der Waals surface area contributed by atoms with Crippen LogP contribution < -0.4 is 4.74 Å². The van der Waals surface area contributed by atoms with Gasteiger partial charge in [-0.25, -0.2) is 4.98 Å². The molecule has 0 N–H and O–H groups in total. The molecule has 0 aliphatic heterocycles. The second kappa shape index (κ2) is 7.47. The summed E-state index contributed by atoms with van der Waals surface area (Å²) in [5, 5.41) is 0.512. The maximum absolute atomic E-state index is 12.3. The summed E-state index contributed by atoms with van der Waals surface area (Å²) in [5.41, 5.74) is 1.20. The molecule has 0 saturated heterocycles. The van der Waals surface area contributed by atoms with Gasteiger partial charge in [-0.15, -0.1) is 0 Å². The van der Waals surface area contributed by atoms with Crippen LogP contribution in [0.4, 0.5) is 0 Å². The van der Waals surface area contributed by atoms with E-state index >= 15 is 0 Å². The molecule has 2 rings (SSSR count). The van der Waals surface area contributed by atoms with E-state index < -0.39 is 0 Å². The molecular weight excluding hydrogens is 323 g/mol. The first kappa shape index (κ1) is 16.6. The molecule has 0 aliphatic rings. The first-order chi connectivity index (χ1) is 10.5. The van der Waals surface area contributed by atoms with Crippen molar-refractivity contribution < 1.29 is 9.53 Å². The fourth-order valence-corrected chi connectivity index (χ4v) is 2.20. The predicted octanol–water partition coefficient (Wildman–Crippen LogP) is 3.85. The van der Waals surface area contributed by atoms with Crippen molar-refractivity contribution in [1.82, 2.24) is 9.88 Å². The summed E-state index contributed by atoms with van der Waals surface area (Å²) in [6.07, 6.45) is 0. The van der Waals surface area contributed by atoms with E-state index in [1.807, 2.05) is 31.2 Å². The van der Waals surface area contributed by atoms with Crippen LogP contribution in [0.15, 0.2) is 36.4 Å². The third kappa shape index (κ3) is 4.12. The van der Waals surface area contributed by atoms with Crippen molar-refractivity contribution in [3.63, 3.8) is 0 Å². The van der Waals surface area contributed by atoms with Crippen molar-refractivity contribution in [1.29, 1.82) is 0 Å². The summed E-state index contributed by atoms with van der Waals surface area (Å²) < 4.78 is 5.67. The Morgan fingerprint density at radius 3 is 2.68 bits per heavy atom. The van der Waals surface area contributed by atoms with E-state index in [1.54, 1.807) is 19.2 Å². The Hall–Kier alpha value is -1.78. The Morgan fingerprint density at radius 2 is 1.95 bits per heavy atom. The molecule has 6 heteroatoms. The zero-order chi connectivity index (χ0) is 16.1. The Labute approximate surface area is 139 Å². The molecule has 116 valence electrons. The first-order valence-electron chi connectivity index (χ1n) is 6.75. The van der Waals surface area contributed by atoms with Crippen LogP contribution in [0, 0.1) is 6.92 Å². The van der Waals surface area contributed by atoms with Crippen LogP contribution >= 0.6 is 23.2 Å². The van der Waals surface area contributed by atoms with E-state index in [0.717, 1.165) is 11.3 Å². The van der Waals surface area contributed by atoms with Crippen LogP contribution in [0.25, 0.3) is 0 Å². The number of hydrogen-bond donors (Lipinski definition) is 0. The molecule has 22 heavy (non-hydrogen) atoms. The highest BCUT2D eigenvalue weighted by Gasteiger charge is 2.17. The fourth-order valence-electron chi connectivity index (χ4n) is 1.86. The van der Waals surface area contributed by atoms with Crippen LogP contribution in [-0.2, 0) is 0 Å². The molecule has 0 fully saturated rings. The van der Waals surface area contributed by atoms with Gasteiger partial charge in [0.25, 0.3) is 5.91 Å². The maximum Gasteiger partial charge on any atom is 0.273 e. The van der Waals surface area contributed by atoms with Gasteiger partial charge in [-0.1, -0.05) is 41.4 Å². The molecule has 0 radical (unpaired) electrons. The van der Waals surface area contributed by atoms with Crippen LogP contribution in [0.1, 0.15) is 16.1 Å². The highest BCUT2D eigenvalue weighted by atomic mass is 35.5. The number of carbonyl (C=O) groups excluding carboxylic acids is 1. The number of benzene rings is 1. The van der Waals surface area contributed by atoms with Crippen LogP contribution in [0.2, 0.25) is 10.2 Å². The third-order valence-corrected chi connectivity index (χ3v) is 3.65. The second-order valence-corrected chi connectivity index (χ2v) is 5.60. The van der Waals surface area contributed by atoms with Crippen molar-refractivity contribution in [3.05, 3.63) is 57.8 Å². The van der Waals surface area contributed by atoms with Gasteiger partial charge in [-0.05, 0) is 30.7 Å². The van der Waals surface area contributed by atoms with Crippen molar-refractivity contribution in [3.8, 4) is 5.75 Å². The largest absolute Gasteiger partial charge is 0.491 e. The summed E-state index contributed by atoms with van der Waals surface area (Å²) in [5.74, 6) is 0.517. The summed E-state index contributed by atoms with van der Waals surface area (Å²) >= 11 is 11.8. The summed E-state index contributed by atoms with van der Waals surface area (Å²) in [7, 11) is 1.67. The summed E-state index contributed by atoms with van der Waals surface area (Å²) in [4.78, 5) is 17.8. The van der Waals surface area contributed by atoms with E-state index in [1.165, 1.54) is 4.90 Å². The van der Waals surface area contributed by atoms with Crippen molar-refractivity contribution >= 4 is 29.1 Å². The number of pyridine rings is 1. The third-order valence-electron chi connectivity index (χ3n) is 3.14. The SMILES string of the molecule is Cc1ccccc1OCCN(C)C(=O)c1nc(Cl)ccc1Cl. The van der Waals surface area contributed by atoms with Gasteiger partial charge in [0, 0.05) is 7.05 Å². The Morgan fingerprint density at radius 1 is 1.23 bits per heavy atom. The number of aromatic nitrogens is 1. The van der Waals surface area contributed by atoms with Gasteiger partial charge in [0.2, 0.25) is 0 Å². The molecule has 4 nitrogen and oxygen atoms in total. The number of likely N-dealkylation sites (N-methyl/N-ethyl adjacent to an activating group) is 1. The summed E-state index contributed by atoms with van der Waals surface area (Å²) in [6, 6.07) is 10.8. The van der Waals surface area contributed by atoms with Gasteiger partial charge in [0.15, 0.2) is 0 Å². The number of rotatable bonds is 5. The zero-order valence-electron chi connectivity index (χ0n) is 12.3. The lowest BCUT2D eigenvalue weighted by atomic mass is 10.2. The lowest BCUT2D eigenvalue weighted by molar-refractivity contribution is 0.0768. The van der Waals surface area contributed by atoms with Gasteiger partial charge >= 0.3 is 0 Å². The molecule has 0 atom stereocenters. The minimum Gasteiger partial charge on any atom is -0.491 e. The van der Waals surface area contributed by atoms with E-state index in [9.17, 15) is 4.79 Å². The van der Waals surface area contributed by atoms with E-state index in [0.29, 0.717) is 13.2 Å². The van der Waals surface area contributed by atoms with Crippen LogP contribution in [0.3, 0.4) is 0 Å². The Bertz CT molecular complexity index is 677. The molecule has 0 saturated carbocycles. The van der Waals surface area contributed by atoms with Crippen LogP contribution in [-0.4, -0.2) is 36.0 Å². The number of halogens is 2. The highest BCUT2D eigenvalue weighted by molar-refractivity contribution is 6.34.